The lowest BCUT2D eigenvalue weighted by molar-refractivity contribution is -0.147. The highest BCUT2D eigenvalue weighted by Gasteiger charge is 2.31. The first-order valence-electron chi connectivity index (χ1n) is 9.33. The Kier molecular flexibility index (Phi) is 10.6. The van der Waals surface area contributed by atoms with Gasteiger partial charge >= 0.3 is 11.9 Å². The van der Waals surface area contributed by atoms with E-state index < -0.39 is 66.4 Å². The number of nitrogens with one attached hydrogen (secondary N) is 4. The first kappa shape index (κ1) is 26.9. The molecule has 15 heteroatoms. The van der Waals surface area contributed by atoms with Crippen molar-refractivity contribution >= 4 is 42.3 Å². The molecule has 1 heterocycles. The molecule has 0 aromatic carbocycles. The Morgan fingerprint density at radius 2 is 1.62 bits per heavy atom. The lowest BCUT2D eigenvalue weighted by Gasteiger charge is -2.24. The molecule has 5 atom stereocenters. The number of rotatable bonds is 13. The van der Waals surface area contributed by atoms with Gasteiger partial charge in [-0.05, 0) is 6.92 Å². The number of amides is 3. The number of nitrogens with zero attached hydrogens (tertiary/aromatic N) is 1. The number of aliphatic hydroxyl groups excluding tert-OH is 1. The van der Waals surface area contributed by atoms with Gasteiger partial charge in [0.2, 0.25) is 17.7 Å². The van der Waals surface area contributed by atoms with Crippen LogP contribution in [0.1, 0.15) is 19.0 Å². The van der Waals surface area contributed by atoms with Crippen molar-refractivity contribution in [2.24, 2.45) is 5.73 Å². The maximum absolute atomic E-state index is 12.8. The molecule has 0 aliphatic heterocycles. The number of carbonyl (C=O) groups excluding carboxylic acids is 3. The molecule has 0 aliphatic rings. The second kappa shape index (κ2) is 12.6. The summed E-state index contributed by atoms with van der Waals surface area (Å²) in [6.45, 7) is 1.30. The Hall–Kier alpha value is -3.17. The van der Waals surface area contributed by atoms with Crippen molar-refractivity contribution in [1.82, 2.24) is 25.9 Å². The van der Waals surface area contributed by atoms with E-state index in [2.05, 4.69) is 33.2 Å². The second-order valence-electron chi connectivity index (χ2n) is 6.85. The molecular formula is C17H26N6O8S. The van der Waals surface area contributed by atoms with E-state index in [9.17, 15) is 29.1 Å². The maximum atomic E-state index is 12.8. The summed E-state index contributed by atoms with van der Waals surface area (Å²) in [5.74, 6) is -5.89. The minimum atomic E-state index is -1.72. The van der Waals surface area contributed by atoms with Crippen molar-refractivity contribution in [2.45, 2.75) is 50.0 Å². The van der Waals surface area contributed by atoms with E-state index in [-0.39, 0.29) is 12.2 Å². The number of imidazole rings is 1. The van der Waals surface area contributed by atoms with Crippen molar-refractivity contribution in [2.75, 3.05) is 5.75 Å². The summed E-state index contributed by atoms with van der Waals surface area (Å²) in [6.07, 6.45) is 0.634. The van der Waals surface area contributed by atoms with Gasteiger partial charge < -0.3 is 42.0 Å². The summed E-state index contributed by atoms with van der Waals surface area (Å²) in [5, 5.41) is 34.1. The third-order valence-corrected chi connectivity index (χ3v) is 4.61. The fourth-order valence-electron chi connectivity index (χ4n) is 2.43. The van der Waals surface area contributed by atoms with Crippen molar-refractivity contribution in [1.29, 1.82) is 0 Å². The third kappa shape index (κ3) is 8.52. The SMILES string of the molecule is CC(O)C(N)C(=O)NC(Cc1cnc[nH]1)C(=O)NC(CS)C(=O)NC(CC(=O)O)C(=O)O. The van der Waals surface area contributed by atoms with E-state index in [1.165, 1.54) is 19.4 Å². The highest BCUT2D eigenvalue weighted by atomic mass is 32.1. The van der Waals surface area contributed by atoms with E-state index in [1.54, 1.807) is 0 Å². The van der Waals surface area contributed by atoms with Crippen molar-refractivity contribution in [3.8, 4) is 0 Å². The highest BCUT2D eigenvalue weighted by Crippen LogP contribution is 2.03. The van der Waals surface area contributed by atoms with Gasteiger partial charge in [0.05, 0.1) is 18.9 Å². The van der Waals surface area contributed by atoms with Crippen LogP contribution in [-0.2, 0) is 30.4 Å². The molecule has 3 amide bonds. The molecule has 178 valence electrons. The largest absolute Gasteiger partial charge is 0.481 e. The van der Waals surface area contributed by atoms with Gasteiger partial charge in [0, 0.05) is 24.1 Å². The zero-order chi connectivity index (χ0) is 24.4. The van der Waals surface area contributed by atoms with Crippen LogP contribution in [0.5, 0.6) is 0 Å². The number of thiol groups is 1. The van der Waals surface area contributed by atoms with E-state index in [0.717, 1.165) is 0 Å². The number of carboxylic acid groups (broad SMARTS) is 2. The van der Waals surface area contributed by atoms with Gasteiger partial charge in [-0.3, -0.25) is 19.2 Å². The van der Waals surface area contributed by atoms with Gasteiger partial charge in [-0.15, -0.1) is 0 Å². The second-order valence-corrected chi connectivity index (χ2v) is 7.21. The summed E-state index contributed by atoms with van der Waals surface area (Å²) in [6, 6.07) is -5.61. The van der Waals surface area contributed by atoms with E-state index in [4.69, 9.17) is 15.9 Å². The number of aromatic amines is 1. The molecule has 32 heavy (non-hydrogen) atoms. The zero-order valence-electron chi connectivity index (χ0n) is 17.0. The van der Waals surface area contributed by atoms with Crippen LogP contribution in [0.4, 0.5) is 0 Å². The molecule has 0 fully saturated rings. The molecule has 0 saturated carbocycles. The third-order valence-electron chi connectivity index (χ3n) is 4.24. The van der Waals surface area contributed by atoms with Gasteiger partial charge in [-0.25, -0.2) is 9.78 Å². The van der Waals surface area contributed by atoms with Gasteiger partial charge in [0.1, 0.15) is 24.2 Å². The molecule has 0 radical (unpaired) electrons. The highest BCUT2D eigenvalue weighted by molar-refractivity contribution is 7.80. The van der Waals surface area contributed by atoms with Crippen LogP contribution in [-0.4, -0.2) is 91.0 Å². The summed E-state index contributed by atoms with van der Waals surface area (Å²) in [5.41, 5.74) is 6.05. The molecule has 0 saturated heterocycles. The van der Waals surface area contributed by atoms with Crippen LogP contribution >= 0.6 is 12.6 Å². The topological polar surface area (TPSA) is 237 Å². The predicted octanol–water partition coefficient (Wildman–Crippen LogP) is -3.40. The predicted molar refractivity (Wildman–Crippen MR) is 111 cm³/mol. The van der Waals surface area contributed by atoms with Crippen LogP contribution < -0.4 is 21.7 Å². The van der Waals surface area contributed by atoms with Gasteiger partial charge in [-0.2, -0.15) is 12.6 Å². The van der Waals surface area contributed by atoms with Crippen molar-refractivity contribution in [3.05, 3.63) is 18.2 Å². The fraction of sp³-hybridized carbons (Fsp3) is 0.529. The van der Waals surface area contributed by atoms with Crippen LogP contribution in [0.15, 0.2) is 12.5 Å². The molecule has 9 N–H and O–H groups in total. The van der Waals surface area contributed by atoms with E-state index in [0.29, 0.717) is 5.69 Å². The summed E-state index contributed by atoms with van der Waals surface area (Å²) in [4.78, 5) is 65.9. The minimum Gasteiger partial charge on any atom is -0.481 e. The lowest BCUT2D eigenvalue weighted by atomic mass is 10.1. The van der Waals surface area contributed by atoms with Crippen LogP contribution in [0.25, 0.3) is 0 Å². The Morgan fingerprint density at radius 3 is 2.09 bits per heavy atom. The normalized spacial score (nSPS) is 15.5. The zero-order valence-corrected chi connectivity index (χ0v) is 17.9. The number of nitrogens with two attached hydrogens (primary N) is 1. The van der Waals surface area contributed by atoms with Gasteiger partial charge in [-0.1, -0.05) is 0 Å². The summed E-state index contributed by atoms with van der Waals surface area (Å²) >= 11 is 3.96. The minimum absolute atomic E-state index is 0.0677. The van der Waals surface area contributed by atoms with Crippen molar-refractivity contribution in [3.63, 3.8) is 0 Å². The molecule has 1 rings (SSSR count). The number of aromatic nitrogens is 2. The number of aliphatic hydroxyl groups is 1. The molecule has 1 aromatic heterocycles. The van der Waals surface area contributed by atoms with E-state index >= 15 is 0 Å². The smallest absolute Gasteiger partial charge is 0.326 e. The first-order chi connectivity index (χ1) is 15.0. The summed E-state index contributed by atoms with van der Waals surface area (Å²) in [7, 11) is 0. The number of H-pyrrole nitrogens is 1. The lowest BCUT2D eigenvalue weighted by Crippen LogP contribution is -2.59. The Balaban J connectivity index is 2.94. The van der Waals surface area contributed by atoms with Gasteiger partial charge in [0.15, 0.2) is 0 Å². The first-order valence-corrected chi connectivity index (χ1v) is 9.97. The average molecular weight is 474 g/mol. The molecule has 1 aromatic rings. The molecule has 0 spiro atoms. The summed E-state index contributed by atoms with van der Waals surface area (Å²) < 4.78 is 0. The number of carboxylic acids is 2. The standard InChI is InChI=1S/C17H26N6O8S/c1-7(24)13(18)16(29)21-9(2-8-4-19-6-20-8)14(27)23-11(5-32)15(28)22-10(17(30)31)3-12(25)26/h4,6-7,9-11,13,24,32H,2-3,5,18H2,1H3,(H,19,20)(H,21,29)(H,22,28)(H,23,27)(H,25,26)(H,30,31). The Morgan fingerprint density at radius 1 is 1.06 bits per heavy atom. The Labute approximate surface area is 187 Å². The quantitative estimate of drug-likeness (QED) is 0.128. The van der Waals surface area contributed by atoms with Crippen LogP contribution in [0.2, 0.25) is 0 Å². The van der Waals surface area contributed by atoms with Gasteiger partial charge in [0.25, 0.3) is 0 Å². The monoisotopic (exact) mass is 474 g/mol. The molecule has 0 aliphatic carbocycles. The van der Waals surface area contributed by atoms with Crippen molar-refractivity contribution < 1.29 is 39.3 Å². The van der Waals surface area contributed by atoms with E-state index in [1.807, 2.05) is 5.32 Å². The number of aliphatic carboxylic acids is 2. The van der Waals surface area contributed by atoms with Crippen LogP contribution in [0, 0.1) is 0 Å². The number of hydrogen-bond acceptors (Lipinski definition) is 9. The molecule has 5 unspecified atom stereocenters. The number of carbonyl (C=O) groups is 5. The molecule has 0 bridgehead atoms. The van der Waals surface area contributed by atoms with Crippen LogP contribution in [0.3, 0.4) is 0 Å². The molecular weight excluding hydrogens is 448 g/mol. The number of hydrogen-bond donors (Lipinski definition) is 9. The molecule has 14 nitrogen and oxygen atoms in total. The average Bonchev–Trinajstić information content (AvgIpc) is 3.22. The maximum Gasteiger partial charge on any atom is 0.326 e. The Bertz CT molecular complexity index is 818. The fourth-order valence-corrected chi connectivity index (χ4v) is 2.68.